The van der Waals surface area contributed by atoms with E-state index in [2.05, 4.69) is 13.0 Å². The second-order valence-electron chi connectivity index (χ2n) is 11.4. The Morgan fingerprint density at radius 1 is 0.946 bits per heavy atom. The second-order valence-corrected chi connectivity index (χ2v) is 11.4. The van der Waals surface area contributed by atoms with Crippen molar-refractivity contribution in [3.63, 3.8) is 0 Å². The Morgan fingerprint density at radius 3 is 2.49 bits per heavy atom. The van der Waals surface area contributed by atoms with Gasteiger partial charge in [-0.2, -0.15) is 0 Å². The minimum atomic E-state index is -0.531. The lowest BCUT2D eigenvalue weighted by Crippen LogP contribution is -2.44. The van der Waals surface area contributed by atoms with Crippen molar-refractivity contribution in [2.24, 2.45) is 11.8 Å². The molecule has 2 aliphatic rings. The standard InChI is InChI=1S/C30H40N2O5/c1-22-13-14-27(32(18-22)29(34)37-30(2,3)4)25-11-8-12-26(17-25)35-21-24-15-16-31(19-24)28(33)36-20-23-9-6-5-7-10-23/h5-12,17,22,24,27H,13-16,18-21H2,1-4H3/t22-,24-,27+/m0/s1. The van der Waals surface area contributed by atoms with Crippen LogP contribution in [0, 0.1) is 11.8 Å². The summed E-state index contributed by atoms with van der Waals surface area (Å²) in [5, 5.41) is 0. The lowest BCUT2D eigenvalue weighted by atomic mass is 9.90. The highest BCUT2D eigenvalue weighted by molar-refractivity contribution is 5.69. The maximum Gasteiger partial charge on any atom is 0.410 e. The van der Waals surface area contributed by atoms with Gasteiger partial charge in [0.2, 0.25) is 0 Å². The predicted molar refractivity (Wildman–Crippen MR) is 142 cm³/mol. The van der Waals surface area contributed by atoms with E-state index in [0.717, 1.165) is 36.1 Å². The normalized spacial score (nSPS) is 22.0. The number of hydrogen-bond acceptors (Lipinski definition) is 5. The Kier molecular flexibility index (Phi) is 8.62. The molecular formula is C30H40N2O5. The van der Waals surface area contributed by atoms with E-state index in [1.54, 1.807) is 4.90 Å². The van der Waals surface area contributed by atoms with Crippen LogP contribution in [0.4, 0.5) is 9.59 Å². The number of likely N-dealkylation sites (tertiary alicyclic amines) is 2. The topological polar surface area (TPSA) is 68.3 Å². The number of carbonyl (C=O) groups is 2. The smallest absolute Gasteiger partial charge is 0.410 e. The molecule has 0 aromatic heterocycles. The van der Waals surface area contributed by atoms with Crippen LogP contribution in [0.25, 0.3) is 0 Å². The molecule has 0 bridgehead atoms. The first-order valence-electron chi connectivity index (χ1n) is 13.4. The predicted octanol–water partition coefficient (Wildman–Crippen LogP) is 6.43. The van der Waals surface area contributed by atoms with Crippen molar-refractivity contribution in [1.29, 1.82) is 0 Å². The van der Waals surface area contributed by atoms with E-state index < -0.39 is 5.60 Å². The van der Waals surface area contributed by atoms with Crippen LogP contribution >= 0.6 is 0 Å². The molecule has 2 aliphatic heterocycles. The van der Waals surface area contributed by atoms with Crippen LogP contribution in [0.15, 0.2) is 54.6 Å². The molecule has 0 aliphatic carbocycles. The van der Waals surface area contributed by atoms with Gasteiger partial charge in [-0.3, -0.25) is 0 Å². The van der Waals surface area contributed by atoms with Gasteiger partial charge in [0.1, 0.15) is 18.0 Å². The molecule has 0 radical (unpaired) electrons. The Bertz CT molecular complexity index is 1050. The van der Waals surface area contributed by atoms with Gasteiger partial charge in [0.15, 0.2) is 0 Å². The zero-order valence-electron chi connectivity index (χ0n) is 22.5. The number of rotatable bonds is 6. The fraction of sp³-hybridized carbons (Fsp3) is 0.533. The molecule has 2 saturated heterocycles. The van der Waals surface area contributed by atoms with Gasteiger partial charge in [-0.1, -0.05) is 49.4 Å². The van der Waals surface area contributed by atoms with Crippen LogP contribution < -0.4 is 4.74 Å². The van der Waals surface area contributed by atoms with E-state index in [4.69, 9.17) is 14.2 Å². The molecule has 7 heteroatoms. The maximum absolute atomic E-state index is 13.0. The molecule has 3 atom stereocenters. The van der Waals surface area contributed by atoms with Crippen molar-refractivity contribution in [3.05, 3.63) is 65.7 Å². The first kappa shape index (κ1) is 26.8. The van der Waals surface area contributed by atoms with E-state index in [1.807, 2.05) is 74.2 Å². The average Bonchev–Trinajstić information content (AvgIpc) is 3.35. The minimum absolute atomic E-state index is 0.0315. The van der Waals surface area contributed by atoms with Crippen LogP contribution in [0.1, 0.15) is 64.1 Å². The van der Waals surface area contributed by atoms with E-state index in [-0.39, 0.29) is 30.8 Å². The average molecular weight is 509 g/mol. The quantitative estimate of drug-likeness (QED) is 0.450. The Morgan fingerprint density at radius 2 is 1.73 bits per heavy atom. The van der Waals surface area contributed by atoms with Gasteiger partial charge in [0.05, 0.1) is 12.6 Å². The number of piperidine rings is 1. The molecule has 2 heterocycles. The molecule has 2 aromatic rings. The second kappa shape index (κ2) is 11.9. The fourth-order valence-electron chi connectivity index (χ4n) is 4.99. The molecule has 2 aromatic carbocycles. The van der Waals surface area contributed by atoms with E-state index in [1.165, 1.54) is 0 Å². The van der Waals surface area contributed by atoms with Crippen molar-refractivity contribution in [3.8, 4) is 5.75 Å². The summed E-state index contributed by atoms with van der Waals surface area (Å²) >= 11 is 0. The third kappa shape index (κ3) is 7.63. The summed E-state index contributed by atoms with van der Waals surface area (Å²) in [5.74, 6) is 1.47. The summed E-state index contributed by atoms with van der Waals surface area (Å²) in [6, 6.07) is 17.7. The van der Waals surface area contributed by atoms with Crippen molar-refractivity contribution < 1.29 is 23.8 Å². The van der Waals surface area contributed by atoms with Gasteiger partial charge in [-0.15, -0.1) is 0 Å². The number of benzene rings is 2. The third-order valence-electron chi connectivity index (χ3n) is 6.92. The monoisotopic (exact) mass is 508 g/mol. The van der Waals surface area contributed by atoms with Gasteiger partial charge in [-0.05, 0) is 69.2 Å². The zero-order valence-corrected chi connectivity index (χ0v) is 22.5. The van der Waals surface area contributed by atoms with Crippen molar-refractivity contribution in [1.82, 2.24) is 9.80 Å². The largest absolute Gasteiger partial charge is 0.493 e. The Balaban J connectivity index is 1.31. The van der Waals surface area contributed by atoms with E-state index in [0.29, 0.717) is 32.2 Å². The first-order chi connectivity index (χ1) is 17.7. The lowest BCUT2D eigenvalue weighted by Gasteiger charge is -2.39. The third-order valence-corrected chi connectivity index (χ3v) is 6.92. The summed E-state index contributed by atoms with van der Waals surface area (Å²) in [5.41, 5.74) is 1.51. The molecule has 2 amide bonds. The SMILES string of the molecule is C[C@H]1CC[C@H](c2cccc(OC[C@H]3CCN(C(=O)OCc4ccccc4)C3)c2)N(C(=O)OC(C)(C)C)C1. The number of carbonyl (C=O) groups excluding carboxylic acids is 2. The van der Waals surface area contributed by atoms with Crippen LogP contribution in [0.5, 0.6) is 5.75 Å². The highest BCUT2D eigenvalue weighted by Gasteiger charge is 2.34. The van der Waals surface area contributed by atoms with Crippen LogP contribution in [-0.4, -0.2) is 53.8 Å². The number of ether oxygens (including phenoxy) is 3. The summed E-state index contributed by atoms with van der Waals surface area (Å²) in [7, 11) is 0. The molecule has 0 spiro atoms. The summed E-state index contributed by atoms with van der Waals surface area (Å²) < 4.78 is 17.3. The summed E-state index contributed by atoms with van der Waals surface area (Å²) in [6.07, 6.45) is 2.30. The van der Waals surface area contributed by atoms with Crippen LogP contribution in [0.2, 0.25) is 0 Å². The number of amides is 2. The highest BCUT2D eigenvalue weighted by Crippen LogP contribution is 2.35. The summed E-state index contributed by atoms with van der Waals surface area (Å²) in [6.45, 7) is 10.7. The Labute approximate surface area is 220 Å². The van der Waals surface area contributed by atoms with Crippen LogP contribution in [-0.2, 0) is 16.1 Å². The van der Waals surface area contributed by atoms with Crippen LogP contribution in [0.3, 0.4) is 0 Å². The van der Waals surface area contributed by atoms with Gasteiger partial charge < -0.3 is 24.0 Å². The molecule has 200 valence electrons. The fourth-order valence-corrected chi connectivity index (χ4v) is 4.99. The molecule has 4 rings (SSSR count). The van der Waals surface area contributed by atoms with Gasteiger partial charge >= 0.3 is 12.2 Å². The molecule has 0 unspecified atom stereocenters. The lowest BCUT2D eigenvalue weighted by molar-refractivity contribution is 0.00359. The molecule has 2 fully saturated rings. The van der Waals surface area contributed by atoms with Gasteiger partial charge in [0.25, 0.3) is 0 Å². The molecule has 0 saturated carbocycles. The highest BCUT2D eigenvalue weighted by atomic mass is 16.6. The number of hydrogen-bond donors (Lipinski definition) is 0. The summed E-state index contributed by atoms with van der Waals surface area (Å²) in [4.78, 5) is 29.1. The van der Waals surface area contributed by atoms with Gasteiger partial charge in [-0.25, -0.2) is 9.59 Å². The first-order valence-corrected chi connectivity index (χ1v) is 13.4. The van der Waals surface area contributed by atoms with Crippen molar-refractivity contribution in [2.75, 3.05) is 26.2 Å². The van der Waals surface area contributed by atoms with Gasteiger partial charge in [0, 0.05) is 25.6 Å². The maximum atomic E-state index is 13.0. The van der Waals surface area contributed by atoms with Crippen molar-refractivity contribution >= 4 is 12.2 Å². The minimum Gasteiger partial charge on any atom is -0.493 e. The molecular weight excluding hydrogens is 468 g/mol. The zero-order chi connectivity index (χ0) is 26.4. The van der Waals surface area contributed by atoms with E-state index in [9.17, 15) is 9.59 Å². The molecule has 7 nitrogen and oxygen atoms in total. The van der Waals surface area contributed by atoms with E-state index >= 15 is 0 Å². The molecule has 37 heavy (non-hydrogen) atoms. The molecule has 0 N–H and O–H groups in total. The number of nitrogens with zero attached hydrogens (tertiary/aromatic N) is 2. The Hall–Kier alpha value is -3.22. The van der Waals surface area contributed by atoms with Crippen molar-refractivity contribution in [2.45, 2.75) is 65.2 Å².